The monoisotopic (exact) mass is 373 g/mol. The number of amides is 2. The number of hydrogen-bond acceptors (Lipinski definition) is 3. The van der Waals surface area contributed by atoms with Crippen LogP contribution in [0.4, 0.5) is 4.79 Å². The minimum absolute atomic E-state index is 0.165. The molecule has 1 heterocycles. The largest absolute Gasteiger partial charge is 0.334 e. The molecule has 0 aliphatic carbocycles. The summed E-state index contributed by atoms with van der Waals surface area (Å²) in [7, 11) is -3.52. The van der Waals surface area contributed by atoms with E-state index in [2.05, 4.69) is 5.32 Å². The van der Waals surface area contributed by atoms with E-state index in [1.54, 1.807) is 30.0 Å². The van der Waals surface area contributed by atoms with E-state index in [1.807, 2.05) is 36.4 Å². The van der Waals surface area contributed by atoms with Crippen LogP contribution in [0, 0.1) is 6.92 Å². The van der Waals surface area contributed by atoms with Gasteiger partial charge in [0.15, 0.2) is 0 Å². The summed E-state index contributed by atoms with van der Waals surface area (Å²) in [4.78, 5) is 14.3. The fourth-order valence-electron chi connectivity index (χ4n) is 3.00. The number of sulfonamides is 1. The summed E-state index contributed by atoms with van der Waals surface area (Å²) in [6.45, 7) is 3.61. The van der Waals surface area contributed by atoms with Crippen LogP contribution in [-0.2, 0) is 16.6 Å². The molecule has 6 nitrogen and oxygen atoms in total. The molecule has 0 spiro atoms. The van der Waals surface area contributed by atoms with E-state index >= 15 is 0 Å². The standard InChI is InChI=1S/C19H23N3O3S/c1-16-7-5-6-10-18(16)26(24,25)22-13-11-21(12-14-22)19(23)20-15-17-8-3-2-4-9-17/h2-10H,11-15H2,1H3,(H,20,23). The highest BCUT2D eigenvalue weighted by atomic mass is 32.2. The predicted molar refractivity (Wildman–Crippen MR) is 100 cm³/mol. The SMILES string of the molecule is Cc1ccccc1S(=O)(=O)N1CCN(C(=O)NCc2ccccc2)CC1. The lowest BCUT2D eigenvalue weighted by Gasteiger charge is -2.34. The number of carbonyl (C=O) groups excluding carboxylic acids is 1. The molecule has 0 saturated carbocycles. The van der Waals surface area contributed by atoms with Crippen molar-refractivity contribution >= 4 is 16.1 Å². The second-order valence-electron chi connectivity index (χ2n) is 6.30. The number of rotatable bonds is 4. The zero-order valence-electron chi connectivity index (χ0n) is 14.8. The molecular formula is C19H23N3O3S. The van der Waals surface area contributed by atoms with Gasteiger partial charge in [-0.1, -0.05) is 48.5 Å². The highest BCUT2D eigenvalue weighted by molar-refractivity contribution is 7.89. The van der Waals surface area contributed by atoms with Crippen LogP contribution in [0.1, 0.15) is 11.1 Å². The molecule has 1 N–H and O–H groups in total. The molecule has 0 atom stereocenters. The predicted octanol–water partition coefficient (Wildman–Crippen LogP) is 2.21. The second-order valence-corrected chi connectivity index (χ2v) is 8.21. The zero-order valence-corrected chi connectivity index (χ0v) is 15.6. The Morgan fingerprint density at radius 3 is 2.23 bits per heavy atom. The van der Waals surface area contributed by atoms with Crippen LogP contribution < -0.4 is 5.32 Å². The average Bonchev–Trinajstić information content (AvgIpc) is 2.67. The van der Waals surface area contributed by atoms with E-state index in [0.717, 1.165) is 11.1 Å². The topological polar surface area (TPSA) is 69.7 Å². The third kappa shape index (κ3) is 4.05. The Bertz CT molecular complexity index is 861. The Labute approximate surface area is 154 Å². The quantitative estimate of drug-likeness (QED) is 0.893. The van der Waals surface area contributed by atoms with Crippen LogP contribution in [0.5, 0.6) is 0 Å². The van der Waals surface area contributed by atoms with Crippen molar-refractivity contribution in [3.63, 3.8) is 0 Å². The Kier molecular flexibility index (Phi) is 5.58. The van der Waals surface area contributed by atoms with Gasteiger partial charge in [-0.05, 0) is 24.1 Å². The van der Waals surface area contributed by atoms with E-state index in [1.165, 1.54) is 4.31 Å². The molecule has 2 amide bonds. The van der Waals surface area contributed by atoms with Crippen molar-refractivity contribution in [3.8, 4) is 0 Å². The van der Waals surface area contributed by atoms with Gasteiger partial charge in [0.2, 0.25) is 10.0 Å². The van der Waals surface area contributed by atoms with E-state index in [-0.39, 0.29) is 6.03 Å². The second kappa shape index (κ2) is 7.88. The Morgan fingerprint density at radius 1 is 0.962 bits per heavy atom. The molecular weight excluding hydrogens is 350 g/mol. The molecule has 0 aromatic heterocycles. The van der Waals surface area contributed by atoms with E-state index in [4.69, 9.17) is 0 Å². The van der Waals surface area contributed by atoms with Gasteiger partial charge in [-0.2, -0.15) is 4.31 Å². The maximum atomic E-state index is 12.8. The van der Waals surface area contributed by atoms with Gasteiger partial charge in [0.25, 0.3) is 0 Å². The van der Waals surface area contributed by atoms with Gasteiger partial charge >= 0.3 is 6.03 Å². The number of carbonyl (C=O) groups is 1. The number of urea groups is 1. The van der Waals surface area contributed by atoms with Crippen LogP contribution >= 0.6 is 0 Å². The third-order valence-corrected chi connectivity index (χ3v) is 6.58. The number of nitrogens with one attached hydrogen (secondary N) is 1. The maximum absolute atomic E-state index is 12.8. The van der Waals surface area contributed by atoms with Crippen molar-refractivity contribution in [1.82, 2.24) is 14.5 Å². The van der Waals surface area contributed by atoms with Gasteiger partial charge in [-0.15, -0.1) is 0 Å². The first-order chi connectivity index (χ1) is 12.5. The summed E-state index contributed by atoms with van der Waals surface area (Å²) in [6.07, 6.45) is 0. The summed E-state index contributed by atoms with van der Waals surface area (Å²) >= 11 is 0. The van der Waals surface area contributed by atoms with Crippen LogP contribution in [0.3, 0.4) is 0 Å². The zero-order chi connectivity index (χ0) is 18.6. The lowest BCUT2D eigenvalue weighted by atomic mass is 10.2. The Hall–Kier alpha value is -2.38. The summed E-state index contributed by atoms with van der Waals surface area (Å²) in [5.74, 6) is 0. The number of nitrogens with zero attached hydrogens (tertiary/aromatic N) is 2. The van der Waals surface area contributed by atoms with Crippen LogP contribution in [0.2, 0.25) is 0 Å². The first-order valence-electron chi connectivity index (χ1n) is 8.61. The van der Waals surface area contributed by atoms with Gasteiger partial charge in [-0.25, -0.2) is 13.2 Å². The first kappa shape index (κ1) is 18.4. The summed E-state index contributed by atoms with van der Waals surface area (Å²) in [5.41, 5.74) is 1.76. The normalized spacial score (nSPS) is 15.7. The van der Waals surface area contributed by atoms with Crippen molar-refractivity contribution in [3.05, 3.63) is 65.7 Å². The number of hydrogen-bond donors (Lipinski definition) is 1. The molecule has 0 radical (unpaired) electrons. The molecule has 2 aromatic rings. The molecule has 26 heavy (non-hydrogen) atoms. The Balaban J connectivity index is 1.57. The van der Waals surface area contributed by atoms with Crippen molar-refractivity contribution in [2.75, 3.05) is 26.2 Å². The summed E-state index contributed by atoms with van der Waals surface area (Å²) in [5, 5.41) is 2.88. The van der Waals surface area contributed by atoms with E-state index in [9.17, 15) is 13.2 Å². The van der Waals surface area contributed by atoms with Gasteiger partial charge in [-0.3, -0.25) is 0 Å². The summed E-state index contributed by atoms with van der Waals surface area (Å²) in [6, 6.07) is 16.5. The number of aryl methyl sites for hydroxylation is 1. The van der Waals surface area contributed by atoms with Crippen molar-refractivity contribution in [1.29, 1.82) is 0 Å². The average molecular weight is 373 g/mol. The van der Waals surface area contributed by atoms with Crippen LogP contribution in [0.15, 0.2) is 59.5 Å². The molecule has 138 valence electrons. The smallest absolute Gasteiger partial charge is 0.317 e. The molecule has 7 heteroatoms. The molecule has 0 bridgehead atoms. The lowest BCUT2D eigenvalue weighted by molar-refractivity contribution is 0.172. The van der Waals surface area contributed by atoms with E-state index < -0.39 is 10.0 Å². The molecule has 1 saturated heterocycles. The molecule has 1 aliphatic heterocycles. The Morgan fingerprint density at radius 2 is 1.58 bits per heavy atom. The maximum Gasteiger partial charge on any atom is 0.317 e. The highest BCUT2D eigenvalue weighted by Gasteiger charge is 2.30. The molecule has 0 unspecified atom stereocenters. The first-order valence-corrected chi connectivity index (χ1v) is 10.0. The van der Waals surface area contributed by atoms with Gasteiger partial charge in [0.05, 0.1) is 4.90 Å². The molecule has 2 aromatic carbocycles. The molecule has 1 aliphatic rings. The number of benzene rings is 2. The van der Waals surface area contributed by atoms with E-state index in [0.29, 0.717) is 37.6 Å². The van der Waals surface area contributed by atoms with Gasteiger partial charge in [0.1, 0.15) is 0 Å². The fourth-order valence-corrected chi connectivity index (χ4v) is 4.65. The van der Waals surface area contributed by atoms with Gasteiger partial charge in [0, 0.05) is 32.7 Å². The molecule has 1 fully saturated rings. The fraction of sp³-hybridized carbons (Fsp3) is 0.316. The van der Waals surface area contributed by atoms with Crippen LogP contribution in [0.25, 0.3) is 0 Å². The van der Waals surface area contributed by atoms with Crippen molar-refractivity contribution in [2.24, 2.45) is 0 Å². The minimum atomic E-state index is -3.52. The summed E-state index contributed by atoms with van der Waals surface area (Å²) < 4.78 is 27.1. The van der Waals surface area contributed by atoms with Crippen molar-refractivity contribution < 1.29 is 13.2 Å². The number of piperazine rings is 1. The third-order valence-electron chi connectivity index (χ3n) is 4.52. The highest BCUT2D eigenvalue weighted by Crippen LogP contribution is 2.20. The lowest BCUT2D eigenvalue weighted by Crippen LogP contribution is -2.53. The van der Waals surface area contributed by atoms with Crippen molar-refractivity contribution in [2.45, 2.75) is 18.4 Å². The minimum Gasteiger partial charge on any atom is -0.334 e. The molecule has 3 rings (SSSR count). The van der Waals surface area contributed by atoms with Gasteiger partial charge < -0.3 is 10.2 Å². The van der Waals surface area contributed by atoms with Crippen LogP contribution in [-0.4, -0.2) is 49.8 Å².